The largest absolute Gasteiger partial charge is 0.492 e. The maximum atomic E-state index is 11.7. The molecule has 0 radical (unpaired) electrons. The number of aryl methyl sites for hydroxylation is 1. The van der Waals surface area contributed by atoms with Crippen molar-refractivity contribution >= 4 is 6.03 Å². The van der Waals surface area contributed by atoms with Gasteiger partial charge in [0, 0.05) is 0 Å². The summed E-state index contributed by atoms with van der Waals surface area (Å²) in [5, 5.41) is 15.4. The molecule has 1 aliphatic carbocycles. The molecule has 2 rings (SSSR count). The summed E-state index contributed by atoms with van der Waals surface area (Å²) >= 11 is 0. The highest BCUT2D eigenvalue weighted by molar-refractivity contribution is 5.74. The summed E-state index contributed by atoms with van der Waals surface area (Å²) in [6.07, 6.45) is 3.27. The number of ether oxygens (including phenoxy) is 1. The van der Waals surface area contributed by atoms with Gasteiger partial charge in [0.05, 0.1) is 18.7 Å². The third-order valence-corrected chi connectivity index (χ3v) is 3.72. The van der Waals surface area contributed by atoms with Gasteiger partial charge in [-0.3, -0.25) is 0 Å². The molecule has 2 amide bonds. The number of hydrogen-bond acceptors (Lipinski definition) is 3. The van der Waals surface area contributed by atoms with E-state index in [1.54, 1.807) is 0 Å². The standard InChI is InChI=1S/C16H24N2O3/c1-12-6-8-13(9-7-12)21-11-10-17-16(20)18-14-4-2-3-5-15(14)19/h6-9,14-15,19H,2-5,10-11H2,1H3,(H2,17,18,20). The van der Waals surface area contributed by atoms with E-state index in [1.807, 2.05) is 31.2 Å². The maximum absolute atomic E-state index is 11.7. The first-order valence-electron chi connectivity index (χ1n) is 7.57. The zero-order valence-corrected chi connectivity index (χ0v) is 12.5. The number of urea groups is 1. The van der Waals surface area contributed by atoms with Crippen LogP contribution in [0.3, 0.4) is 0 Å². The van der Waals surface area contributed by atoms with Crippen molar-refractivity contribution in [2.75, 3.05) is 13.2 Å². The molecule has 0 bridgehead atoms. The summed E-state index contributed by atoms with van der Waals surface area (Å²) < 4.78 is 5.53. The Balaban J connectivity index is 1.61. The summed E-state index contributed by atoms with van der Waals surface area (Å²) in [5.41, 5.74) is 1.19. The molecule has 0 aromatic heterocycles. The number of rotatable bonds is 5. The molecule has 1 saturated carbocycles. The van der Waals surface area contributed by atoms with Crippen molar-refractivity contribution in [3.8, 4) is 5.75 Å². The molecule has 0 saturated heterocycles. The van der Waals surface area contributed by atoms with Crippen LogP contribution in [-0.2, 0) is 0 Å². The molecule has 2 unspecified atom stereocenters. The average Bonchev–Trinajstić information content (AvgIpc) is 2.48. The highest BCUT2D eigenvalue weighted by Gasteiger charge is 2.24. The Kier molecular flexibility index (Phi) is 5.87. The van der Waals surface area contributed by atoms with Crippen LogP contribution in [0.1, 0.15) is 31.2 Å². The van der Waals surface area contributed by atoms with Crippen molar-refractivity contribution in [3.05, 3.63) is 29.8 Å². The van der Waals surface area contributed by atoms with E-state index in [2.05, 4.69) is 10.6 Å². The van der Waals surface area contributed by atoms with Crippen molar-refractivity contribution in [1.82, 2.24) is 10.6 Å². The minimum Gasteiger partial charge on any atom is -0.492 e. The second-order valence-electron chi connectivity index (χ2n) is 5.52. The van der Waals surface area contributed by atoms with E-state index < -0.39 is 6.10 Å². The highest BCUT2D eigenvalue weighted by Crippen LogP contribution is 2.18. The lowest BCUT2D eigenvalue weighted by Gasteiger charge is -2.28. The van der Waals surface area contributed by atoms with Gasteiger partial charge in [-0.15, -0.1) is 0 Å². The quantitative estimate of drug-likeness (QED) is 0.727. The molecule has 21 heavy (non-hydrogen) atoms. The van der Waals surface area contributed by atoms with Gasteiger partial charge in [0.15, 0.2) is 0 Å². The number of aliphatic hydroxyl groups excluding tert-OH is 1. The van der Waals surface area contributed by atoms with Gasteiger partial charge in [0.25, 0.3) is 0 Å². The molecule has 0 heterocycles. The summed E-state index contributed by atoms with van der Waals surface area (Å²) in [4.78, 5) is 11.7. The minimum absolute atomic E-state index is 0.128. The van der Waals surface area contributed by atoms with Gasteiger partial charge in [-0.25, -0.2) is 4.79 Å². The van der Waals surface area contributed by atoms with E-state index in [0.717, 1.165) is 31.4 Å². The maximum Gasteiger partial charge on any atom is 0.315 e. The third-order valence-electron chi connectivity index (χ3n) is 3.72. The molecule has 0 spiro atoms. The van der Waals surface area contributed by atoms with Crippen LogP contribution in [0.25, 0.3) is 0 Å². The Morgan fingerprint density at radius 1 is 1.29 bits per heavy atom. The van der Waals surface area contributed by atoms with Gasteiger partial charge in [-0.2, -0.15) is 0 Å². The molecule has 1 fully saturated rings. The summed E-state index contributed by atoms with van der Waals surface area (Å²) in [6, 6.07) is 7.42. The Bertz CT molecular complexity index is 447. The predicted molar refractivity (Wildman–Crippen MR) is 81.5 cm³/mol. The lowest BCUT2D eigenvalue weighted by atomic mass is 9.93. The fourth-order valence-electron chi connectivity index (χ4n) is 2.47. The van der Waals surface area contributed by atoms with Crippen molar-refractivity contribution < 1.29 is 14.6 Å². The number of aliphatic hydroxyl groups is 1. The van der Waals surface area contributed by atoms with E-state index in [-0.39, 0.29) is 12.1 Å². The fourth-order valence-corrected chi connectivity index (χ4v) is 2.47. The molecule has 0 aliphatic heterocycles. The van der Waals surface area contributed by atoms with Crippen LogP contribution >= 0.6 is 0 Å². The molecular weight excluding hydrogens is 268 g/mol. The number of benzene rings is 1. The van der Waals surface area contributed by atoms with Gasteiger partial charge in [-0.1, -0.05) is 30.5 Å². The first-order valence-corrected chi connectivity index (χ1v) is 7.57. The first-order chi connectivity index (χ1) is 10.1. The van der Waals surface area contributed by atoms with Crippen LogP contribution in [0, 0.1) is 6.92 Å². The molecule has 1 aromatic carbocycles. The van der Waals surface area contributed by atoms with Gasteiger partial charge < -0.3 is 20.5 Å². The Hall–Kier alpha value is -1.75. The van der Waals surface area contributed by atoms with Crippen LogP contribution in [0.5, 0.6) is 5.75 Å². The number of carbonyl (C=O) groups excluding carboxylic acids is 1. The van der Waals surface area contributed by atoms with Crippen LogP contribution in [0.2, 0.25) is 0 Å². The Labute approximate surface area is 125 Å². The molecule has 2 atom stereocenters. The zero-order valence-electron chi connectivity index (χ0n) is 12.5. The Morgan fingerprint density at radius 2 is 2.00 bits per heavy atom. The van der Waals surface area contributed by atoms with Crippen molar-refractivity contribution in [2.45, 2.75) is 44.8 Å². The second kappa shape index (κ2) is 7.88. The zero-order chi connectivity index (χ0) is 15.1. The van der Waals surface area contributed by atoms with Crippen LogP contribution in [0.4, 0.5) is 4.79 Å². The Morgan fingerprint density at radius 3 is 2.71 bits per heavy atom. The minimum atomic E-state index is -0.423. The normalized spacial score (nSPS) is 21.6. The van der Waals surface area contributed by atoms with Gasteiger partial charge in [-0.05, 0) is 31.9 Å². The van der Waals surface area contributed by atoms with E-state index in [1.165, 1.54) is 5.56 Å². The molecule has 3 N–H and O–H groups in total. The lowest BCUT2D eigenvalue weighted by molar-refractivity contribution is 0.0942. The molecule has 1 aromatic rings. The number of amides is 2. The van der Waals surface area contributed by atoms with E-state index in [9.17, 15) is 9.90 Å². The van der Waals surface area contributed by atoms with Crippen molar-refractivity contribution in [2.24, 2.45) is 0 Å². The monoisotopic (exact) mass is 292 g/mol. The van der Waals surface area contributed by atoms with E-state index in [0.29, 0.717) is 13.2 Å². The highest BCUT2D eigenvalue weighted by atomic mass is 16.5. The molecule has 1 aliphatic rings. The summed E-state index contributed by atoms with van der Waals surface area (Å²) in [5.74, 6) is 0.797. The van der Waals surface area contributed by atoms with E-state index >= 15 is 0 Å². The predicted octanol–water partition coefficient (Wildman–Crippen LogP) is 1.98. The second-order valence-corrected chi connectivity index (χ2v) is 5.52. The van der Waals surface area contributed by atoms with Gasteiger partial charge >= 0.3 is 6.03 Å². The van der Waals surface area contributed by atoms with Crippen molar-refractivity contribution in [3.63, 3.8) is 0 Å². The van der Waals surface area contributed by atoms with Gasteiger partial charge in [0.2, 0.25) is 0 Å². The van der Waals surface area contributed by atoms with Crippen LogP contribution in [-0.4, -0.2) is 36.4 Å². The molecular formula is C16H24N2O3. The van der Waals surface area contributed by atoms with E-state index in [4.69, 9.17) is 4.74 Å². The molecule has 5 nitrogen and oxygen atoms in total. The van der Waals surface area contributed by atoms with Crippen LogP contribution in [0.15, 0.2) is 24.3 Å². The number of nitrogens with one attached hydrogen (secondary N) is 2. The number of hydrogen-bond donors (Lipinski definition) is 3. The SMILES string of the molecule is Cc1ccc(OCCNC(=O)NC2CCCCC2O)cc1. The molecule has 5 heteroatoms. The lowest BCUT2D eigenvalue weighted by Crippen LogP contribution is -2.49. The summed E-state index contributed by atoms with van der Waals surface area (Å²) in [6.45, 7) is 2.88. The van der Waals surface area contributed by atoms with Crippen molar-refractivity contribution in [1.29, 1.82) is 0 Å². The summed E-state index contributed by atoms with van der Waals surface area (Å²) in [7, 11) is 0. The average molecular weight is 292 g/mol. The van der Waals surface area contributed by atoms with Crippen LogP contribution < -0.4 is 15.4 Å². The smallest absolute Gasteiger partial charge is 0.315 e. The third kappa shape index (κ3) is 5.27. The first kappa shape index (κ1) is 15.6. The topological polar surface area (TPSA) is 70.6 Å². The fraction of sp³-hybridized carbons (Fsp3) is 0.562. The van der Waals surface area contributed by atoms with Gasteiger partial charge in [0.1, 0.15) is 12.4 Å². The number of carbonyl (C=O) groups is 1. The molecule has 116 valence electrons.